The lowest BCUT2D eigenvalue weighted by Gasteiger charge is -2.44. The number of aliphatic hydroxyl groups excluding tert-OH is 7. The summed E-state index contributed by atoms with van der Waals surface area (Å²) in [4.78, 5) is 12.6. The molecule has 4 aliphatic heterocycles. The Kier molecular flexibility index (Phi) is 9.43. The van der Waals surface area contributed by atoms with Gasteiger partial charge >= 0.3 is 5.97 Å². The van der Waals surface area contributed by atoms with E-state index in [0.29, 0.717) is 5.56 Å². The van der Waals surface area contributed by atoms with Gasteiger partial charge in [0.05, 0.1) is 37.6 Å². The van der Waals surface area contributed by atoms with Crippen molar-refractivity contribution in [2.75, 3.05) is 13.2 Å². The van der Waals surface area contributed by atoms with Gasteiger partial charge in [0.1, 0.15) is 54.1 Å². The Morgan fingerprint density at radius 3 is 2.30 bits per heavy atom. The van der Waals surface area contributed by atoms with E-state index in [1.807, 2.05) is 0 Å². The molecule has 1 saturated carbocycles. The Morgan fingerprint density at radius 2 is 1.61 bits per heavy atom. The van der Waals surface area contributed by atoms with Crippen LogP contribution in [-0.4, -0.2) is 146 Å². The number of epoxide rings is 1. The minimum absolute atomic E-state index is 0.0581. The molecular formula is C30H38O16. The zero-order valence-corrected chi connectivity index (χ0v) is 24.5. The molecule has 4 fully saturated rings. The van der Waals surface area contributed by atoms with Crippen molar-refractivity contribution in [3.05, 3.63) is 48.2 Å². The maximum Gasteiger partial charge on any atom is 0.331 e. The first-order chi connectivity index (χ1) is 22.0. The van der Waals surface area contributed by atoms with Gasteiger partial charge in [0.15, 0.2) is 18.7 Å². The van der Waals surface area contributed by atoms with E-state index < -0.39 is 117 Å². The van der Waals surface area contributed by atoms with Gasteiger partial charge in [-0.3, -0.25) is 0 Å². The lowest BCUT2D eigenvalue weighted by molar-refractivity contribution is -0.347. The Morgan fingerprint density at radius 1 is 0.891 bits per heavy atom. The zero-order chi connectivity index (χ0) is 32.9. The number of hydrogen-bond donors (Lipinski definition) is 8. The average molecular weight is 655 g/mol. The third-order valence-electron chi connectivity index (χ3n) is 9.23. The highest BCUT2D eigenvalue weighted by Gasteiger charge is 2.77. The first kappa shape index (κ1) is 33.2. The molecule has 3 saturated heterocycles. The van der Waals surface area contributed by atoms with Gasteiger partial charge in [0.2, 0.25) is 6.29 Å². The summed E-state index contributed by atoms with van der Waals surface area (Å²) < 4.78 is 40.3. The van der Waals surface area contributed by atoms with Crippen molar-refractivity contribution >= 4 is 12.0 Å². The number of benzene rings is 1. The van der Waals surface area contributed by atoms with Crippen LogP contribution in [0.25, 0.3) is 6.08 Å². The maximum absolute atomic E-state index is 12.6. The van der Waals surface area contributed by atoms with Crippen LogP contribution < -0.4 is 0 Å². The SMILES string of the molecule is C[C@@H]1O[C@@H](O[C@H]2[C@@H]3C=CO[C@@H](O[C@@H]4O[C@H](CO)[C@@H](O)[C@H](O)[C@H]4O)[C@@H]3[C@@]3(CO)O[C@@H]23)[C@H](O)[C@H](OC(=O)C=Cc2ccc(O)cc2)[C@H]1O. The van der Waals surface area contributed by atoms with Gasteiger partial charge < -0.3 is 74.0 Å². The van der Waals surface area contributed by atoms with Crippen LogP contribution in [-0.2, 0) is 38.0 Å². The number of ether oxygens (including phenoxy) is 7. The summed E-state index contributed by atoms with van der Waals surface area (Å²) in [5.74, 6) is -2.12. The molecule has 0 spiro atoms. The van der Waals surface area contributed by atoms with E-state index in [4.69, 9.17) is 33.2 Å². The summed E-state index contributed by atoms with van der Waals surface area (Å²) in [5, 5.41) is 82.0. The minimum Gasteiger partial charge on any atom is -0.508 e. The molecule has 4 heterocycles. The van der Waals surface area contributed by atoms with E-state index in [1.165, 1.54) is 31.4 Å². The highest BCUT2D eigenvalue weighted by Crippen LogP contribution is 2.61. The number of phenolic OH excluding ortho intramolecular Hbond substituents is 1. The fourth-order valence-corrected chi connectivity index (χ4v) is 6.64. The molecule has 0 unspecified atom stereocenters. The minimum atomic E-state index is -1.70. The van der Waals surface area contributed by atoms with Crippen LogP contribution in [0.2, 0.25) is 0 Å². The Balaban J connectivity index is 1.15. The number of carbonyl (C=O) groups excluding carboxylic acids is 1. The zero-order valence-electron chi connectivity index (χ0n) is 24.5. The third kappa shape index (κ3) is 5.93. The Bertz CT molecular complexity index is 1290. The fraction of sp³-hybridized carbons (Fsp3) is 0.633. The second-order valence-electron chi connectivity index (χ2n) is 12.0. The van der Waals surface area contributed by atoms with E-state index in [9.17, 15) is 45.6 Å². The van der Waals surface area contributed by atoms with Gasteiger partial charge in [0, 0.05) is 12.0 Å². The van der Waals surface area contributed by atoms with E-state index in [2.05, 4.69) is 0 Å². The summed E-state index contributed by atoms with van der Waals surface area (Å²) >= 11 is 0. The number of rotatable bonds is 9. The molecule has 16 nitrogen and oxygen atoms in total. The lowest BCUT2D eigenvalue weighted by atomic mass is 9.85. The number of fused-ring (bicyclic) bond motifs is 3. The van der Waals surface area contributed by atoms with Crippen molar-refractivity contribution < 1.29 is 78.8 Å². The Labute approximate surface area is 262 Å². The van der Waals surface area contributed by atoms with E-state index in [0.717, 1.165) is 6.08 Å². The Hall–Kier alpha value is -2.71. The second kappa shape index (κ2) is 13.1. The van der Waals surface area contributed by atoms with Gasteiger partial charge in [0.25, 0.3) is 0 Å². The van der Waals surface area contributed by atoms with E-state index >= 15 is 0 Å². The van der Waals surface area contributed by atoms with Crippen LogP contribution in [0.15, 0.2) is 42.7 Å². The summed E-state index contributed by atoms with van der Waals surface area (Å²) in [6, 6.07) is 6.05. The van der Waals surface area contributed by atoms with Crippen molar-refractivity contribution in [1.29, 1.82) is 0 Å². The fourth-order valence-electron chi connectivity index (χ4n) is 6.64. The smallest absolute Gasteiger partial charge is 0.331 e. The molecule has 8 N–H and O–H groups in total. The summed E-state index contributed by atoms with van der Waals surface area (Å²) in [6.07, 6.45) is -11.8. The second-order valence-corrected chi connectivity index (χ2v) is 12.0. The van der Waals surface area contributed by atoms with Gasteiger partial charge in [-0.25, -0.2) is 4.79 Å². The largest absolute Gasteiger partial charge is 0.508 e. The molecule has 1 aliphatic carbocycles. The van der Waals surface area contributed by atoms with Gasteiger partial charge in [-0.2, -0.15) is 0 Å². The van der Waals surface area contributed by atoms with Crippen LogP contribution >= 0.6 is 0 Å². The van der Waals surface area contributed by atoms with Crippen LogP contribution in [0.5, 0.6) is 5.75 Å². The predicted octanol–water partition coefficient (Wildman–Crippen LogP) is -2.77. The third-order valence-corrected chi connectivity index (χ3v) is 9.23. The van der Waals surface area contributed by atoms with E-state index in [1.54, 1.807) is 18.2 Å². The number of carbonyl (C=O) groups is 1. The molecule has 5 aliphatic rings. The molecule has 254 valence electrons. The first-order valence-electron chi connectivity index (χ1n) is 14.9. The number of esters is 1. The summed E-state index contributed by atoms with van der Waals surface area (Å²) in [7, 11) is 0. The first-order valence-corrected chi connectivity index (χ1v) is 14.9. The average Bonchev–Trinajstić information content (AvgIpc) is 3.72. The quantitative estimate of drug-likeness (QED) is 0.0763. The summed E-state index contributed by atoms with van der Waals surface area (Å²) in [6.45, 7) is 0.370. The van der Waals surface area contributed by atoms with E-state index in [-0.39, 0.29) is 5.75 Å². The molecule has 0 bridgehead atoms. The number of aromatic hydroxyl groups is 1. The van der Waals surface area contributed by atoms with Crippen LogP contribution in [0.1, 0.15) is 12.5 Å². The lowest BCUT2D eigenvalue weighted by Crippen LogP contribution is -2.60. The van der Waals surface area contributed by atoms with Crippen molar-refractivity contribution in [3.8, 4) is 5.75 Å². The van der Waals surface area contributed by atoms with Crippen molar-refractivity contribution in [1.82, 2.24) is 0 Å². The molecule has 1 aromatic carbocycles. The van der Waals surface area contributed by atoms with Gasteiger partial charge in [-0.15, -0.1) is 0 Å². The predicted molar refractivity (Wildman–Crippen MR) is 149 cm³/mol. The molecule has 46 heavy (non-hydrogen) atoms. The molecule has 1 aromatic rings. The monoisotopic (exact) mass is 654 g/mol. The van der Waals surface area contributed by atoms with Crippen LogP contribution in [0.4, 0.5) is 0 Å². The van der Waals surface area contributed by atoms with Crippen molar-refractivity contribution in [2.24, 2.45) is 11.8 Å². The van der Waals surface area contributed by atoms with Crippen molar-refractivity contribution in [3.63, 3.8) is 0 Å². The normalized spacial score (nSPS) is 46.4. The number of hydrogen-bond acceptors (Lipinski definition) is 16. The highest BCUT2D eigenvalue weighted by atomic mass is 16.8. The molecule has 0 aromatic heterocycles. The highest BCUT2D eigenvalue weighted by molar-refractivity contribution is 5.87. The van der Waals surface area contributed by atoms with Crippen molar-refractivity contribution in [2.45, 2.75) is 92.4 Å². The molecule has 16 heteroatoms. The molecule has 0 amide bonds. The molecular weight excluding hydrogens is 616 g/mol. The van der Waals surface area contributed by atoms with Crippen LogP contribution in [0.3, 0.4) is 0 Å². The van der Waals surface area contributed by atoms with Gasteiger partial charge in [-0.05, 0) is 36.8 Å². The maximum atomic E-state index is 12.6. The molecule has 16 atom stereocenters. The number of aliphatic hydroxyl groups is 7. The topological polar surface area (TPSA) is 247 Å². The standard InChI is InChI=1S/C30H38O16/c1-12-19(35)25(43-17(34)7-4-13-2-5-14(33)6-3-13)23(39)29(41-12)44-24-15-8-9-40-27(18(15)30(11-32)26(24)46-30)45-28-22(38)21(37)20(36)16(10-31)42-28/h2-9,12,15-16,18-29,31-33,35-39H,10-11H2,1H3/t12-,15+,16+,18+,19-,20+,21-,22+,23+,24-,25+,26-,27-,28-,29-,30+/m0/s1. The molecule has 6 rings (SSSR count). The molecule has 0 radical (unpaired) electrons. The van der Waals surface area contributed by atoms with Crippen LogP contribution in [0, 0.1) is 11.8 Å². The van der Waals surface area contributed by atoms with Gasteiger partial charge in [-0.1, -0.05) is 12.1 Å². The number of phenols is 1. The summed E-state index contributed by atoms with van der Waals surface area (Å²) in [5.41, 5.74) is -0.627.